The zero-order valence-corrected chi connectivity index (χ0v) is 15.7. The fourth-order valence-corrected chi connectivity index (χ4v) is 2.59. The van der Waals surface area contributed by atoms with Gasteiger partial charge in [-0.05, 0) is 36.6 Å². The van der Waals surface area contributed by atoms with Gasteiger partial charge in [0.15, 0.2) is 0 Å². The van der Waals surface area contributed by atoms with Crippen LogP contribution in [0.2, 0.25) is 15.1 Å². The molecule has 0 unspecified atom stereocenters. The standard InChI is InChI=1S/C18H18Cl3NO2/c1-11(2)7-8-24-17-6-4-3-5-12(17)18(23)22-16-10-14(20)13(19)9-15(16)21/h3-6,9-11H,7-8H2,1-2H3,(H,22,23). The van der Waals surface area contributed by atoms with Crippen LogP contribution in [0.1, 0.15) is 30.6 Å². The van der Waals surface area contributed by atoms with Gasteiger partial charge in [0.2, 0.25) is 0 Å². The maximum Gasteiger partial charge on any atom is 0.259 e. The molecule has 0 saturated heterocycles. The van der Waals surface area contributed by atoms with Gasteiger partial charge < -0.3 is 10.1 Å². The summed E-state index contributed by atoms with van der Waals surface area (Å²) in [7, 11) is 0. The Morgan fingerprint density at radius 2 is 1.75 bits per heavy atom. The molecule has 6 heteroatoms. The van der Waals surface area contributed by atoms with Gasteiger partial charge in [-0.3, -0.25) is 4.79 Å². The smallest absolute Gasteiger partial charge is 0.259 e. The van der Waals surface area contributed by atoms with E-state index in [0.717, 1.165) is 6.42 Å². The van der Waals surface area contributed by atoms with Crippen molar-refractivity contribution < 1.29 is 9.53 Å². The maximum atomic E-state index is 12.6. The van der Waals surface area contributed by atoms with Crippen LogP contribution >= 0.6 is 34.8 Å². The normalized spacial score (nSPS) is 10.8. The molecular weight excluding hydrogens is 369 g/mol. The summed E-state index contributed by atoms with van der Waals surface area (Å²) in [5.41, 5.74) is 0.830. The van der Waals surface area contributed by atoms with Crippen molar-refractivity contribution in [2.24, 2.45) is 5.92 Å². The number of benzene rings is 2. The van der Waals surface area contributed by atoms with Crippen LogP contribution in [0.15, 0.2) is 36.4 Å². The molecule has 0 aromatic heterocycles. The predicted octanol–water partition coefficient (Wildman–Crippen LogP) is 6.32. The molecule has 0 radical (unpaired) electrons. The van der Waals surface area contributed by atoms with Crippen LogP contribution in [0.5, 0.6) is 5.75 Å². The number of halogens is 3. The van der Waals surface area contributed by atoms with Crippen LogP contribution in [0.3, 0.4) is 0 Å². The van der Waals surface area contributed by atoms with Crippen molar-refractivity contribution in [1.29, 1.82) is 0 Å². The zero-order valence-electron chi connectivity index (χ0n) is 13.4. The van der Waals surface area contributed by atoms with Crippen molar-refractivity contribution in [2.45, 2.75) is 20.3 Å². The number of amides is 1. The highest BCUT2D eigenvalue weighted by atomic mass is 35.5. The number of hydrogen-bond donors (Lipinski definition) is 1. The first-order chi connectivity index (χ1) is 11.4. The lowest BCUT2D eigenvalue weighted by atomic mass is 10.1. The molecule has 0 aliphatic carbocycles. The predicted molar refractivity (Wildman–Crippen MR) is 101 cm³/mol. The molecule has 0 fully saturated rings. The van der Waals surface area contributed by atoms with Crippen LogP contribution in [-0.4, -0.2) is 12.5 Å². The summed E-state index contributed by atoms with van der Waals surface area (Å²) in [6.07, 6.45) is 0.911. The Morgan fingerprint density at radius 3 is 2.46 bits per heavy atom. The monoisotopic (exact) mass is 385 g/mol. The molecule has 24 heavy (non-hydrogen) atoms. The molecule has 0 heterocycles. The number of hydrogen-bond acceptors (Lipinski definition) is 2. The third-order valence-corrected chi connectivity index (χ3v) is 4.38. The van der Waals surface area contributed by atoms with Gasteiger partial charge in [0.05, 0.1) is 32.9 Å². The number of rotatable bonds is 6. The molecule has 1 amide bonds. The topological polar surface area (TPSA) is 38.3 Å². The average Bonchev–Trinajstić information content (AvgIpc) is 2.52. The van der Waals surface area contributed by atoms with E-state index in [4.69, 9.17) is 39.5 Å². The summed E-state index contributed by atoms with van der Waals surface area (Å²) >= 11 is 18.0. The molecule has 1 N–H and O–H groups in total. The van der Waals surface area contributed by atoms with Crippen molar-refractivity contribution in [1.82, 2.24) is 0 Å². The van der Waals surface area contributed by atoms with Gasteiger partial charge in [0.1, 0.15) is 5.75 Å². The first-order valence-electron chi connectivity index (χ1n) is 7.56. The summed E-state index contributed by atoms with van der Waals surface area (Å²) in [6.45, 7) is 4.79. The largest absolute Gasteiger partial charge is 0.493 e. The molecule has 128 valence electrons. The van der Waals surface area contributed by atoms with Gasteiger partial charge in [0, 0.05) is 0 Å². The lowest BCUT2D eigenvalue weighted by Gasteiger charge is -2.13. The van der Waals surface area contributed by atoms with E-state index in [2.05, 4.69) is 19.2 Å². The lowest BCUT2D eigenvalue weighted by Crippen LogP contribution is -2.14. The van der Waals surface area contributed by atoms with Crippen LogP contribution in [0, 0.1) is 5.92 Å². The van der Waals surface area contributed by atoms with E-state index in [-0.39, 0.29) is 5.91 Å². The molecule has 2 aromatic rings. The van der Waals surface area contributed by atoms with Gasteiger partial charge >= 0.3 is 0 Å². The quantitative estimate of drug-likeness (QED) is 0.589. The number of ether oxygens (including phenoxy) is 1. The van der Waals surface area contributed by atoms with Gasteiger partial charge in [-0.1, -0.05) is 60.8 Å². The van der Waals surface area contributed by atoms with Gasteiger partial charge in [0.25, 0.3) is 5.91 Å². The van der Waals surface area contributed by atoms with Gasteiger partial charge in [-0.2, -0.15) is 0 Å². The highest BCUT2D eigenvalue weighted by Gasteiger charge is 2.15. The molecule has 0 aliphatic heterocycles. The molecule has 3 nitrogen and oxygen atoms in total. The molecule has 0 saturated carbocycles. The van der Waals surface area contributed by atoms with Gasteiger partial charge in [-0.15, -0.1) is 0 Å². The van der Waals surface area contributed by atoms with Gasteiger partial charge in [-0.25, -0.2) is 0 Å². The summed E-state index contributed by atoms with van der Waals surface area (Å²) in [5, 5.41) is 3.70. The number of nitrogens with one attached hydrogen (secondary N) is 1. The second-order valence-electron chi connectivity index (χ2n) is 5.73. The number of para-hydroxylation sites is 1. The number of anilines is 1. The minimum Gasteiger partial charge on any atom is -0.493 e. The van der Waals surface area contributed by atoms with Crippen LogP contribution < -0.4 is 10.1 Å². The second kappa shape index (κ2) is 8.61. The van der Waals surface area contributed by atoms with E-state index in [1.54, 1.807) is 18.2 Å². The Labute approximate surface area is 156 Å². The number of carbonyl (C=O) groups excluding carboxylic acids is 1. The third kappa shape index (κ3) is 5.04. The SMILES string of the molecule is CC(C)CCOc1ccccc1C(=O)Nc1cc(Cl)c(Cl)cc1Cl. The van der Waals surface area contributed by atoms with Crippen molar-refractivity contribution in [3.8, 4) is 5.75 Å². The first kappa shape index (κ1) is 18.9. The Kier molecular flexibility index (Phi) is 6.79. The van der Waals surface area contributed by atoms with Crippen molar-refractivity contribution in [2.75, 3.05) is 11.9 Å². The summed E-state index contributed by atoms with van der Waals surface area (Å²) < 4.78 is 5.74. The zero-order chi connectivity index (χ0) is 17.7. The Bertz CT molecular complexity index is 732. The average molecular weight is 387 g/mol. The van der Waals surface area contributed by atoms with E-state index in [9.17, 15) is 4.79 Å². The highest BCUT2D eigenvalue weighted by molar-refractivity contribution is 6.44. The minimum atomic E-state index is -0.324. The minimum absolute atomic E-state index is 0.316. The summed E-state index contributed by atoms with van der Waals surface area (Å²) in [6, 6.07) is 10.1. The Balaban J connectivity index is 2.17. The molecular formula is C18H18Cl3NO2. The molecule has 0 bridgehead atoms. The van der Waals surface area contributed by atoms with Crippen molar-refractivity contribution in [3.05, 3.63) is 57.0 Å². The molecule has 2 rings (SSSR count). The van der Waals surface area contributed by atoms with E-state index in [1.165, 1.54) is 12.1 Å². The molecule has 2 aromatic carbocycles. The molecule has 0 atom stereocenters. The third-order valence-electron chi connectivity index (χ3n) is 3.34. The first-order valence-corrected chi connectivity index (χ1v) is 8.69. The van der Waals surface area contributed by atoms with E-state index in [0.29, 0.717) is 44.6 Å². The number of carbonyl (C=O) groups is 1. The summed E-state index contributed by atoms with van der Waals surface area (Å²) in [5.74, 6) is 0.739. The second-order valence-corrected chi connectivity index (χ2v) is 6.95. The van der Waals surface area contributed by atoms with E-state index >= 15 is 0 Å². The van der Waals surface area contributed by atoms with E-state index in [1.807, 2.05) is 6.07 Å². The van der Waals surface area contributed by atoms with Crippen LogP contribution in [0.25, 0.3) is 0 Å². The lowest BCUT2D eigenvalue weighted by molar-refractivity contribution is 0.102. The van der Waals surface area contributed by atoms with Crippen molar-refractivity contribution >= 4 is 46.4 Å². The Hall–Kier alpha value is -1.42. The fourth-order valence-electron chi connectivity index (χ4n) is 1.99. The molecule has 0 spiro atoms. The van der Waals surface area contributed by atoms with Crippen LogP contribution in [-0.2, 0) is 0 Å². The highest BCUT2D eigenvalue weighted by Crippen LogP contribution is 2.33. The summed E-state index contributed by atoms with van der Waals surface area (Å²) in [4.78, 5) is 12.6. The van der Waals surface area contributed by atoms with Crippen molar-refractivity contribution in [3.63, 3.8) is 0 Å². The fraction of sp³-hybridized carbons (Fsp3) is 0.278. The molecule has 0 aliphatic rings. The van der Waals surface area contributed by atoms with Crippen LogP contribution in [0.4, 0.5) is 5.69 Å². The van der Waals surface area contributed by atoms with E-state index < -0.39 is 0 Å². The maximum absolute atomic E-state index is 12.6. The Morgan fingerprint density at radius 1 is 1.08 bits per heavy atom.